The van der Waals surface area contributed by atoms with Crippen LogP contribution in [0.25, 0.3) is 11.5 Å². The number of carbonyl (C=O) groups excluding carboxylic acids is 1. The molecule has 1 amide bonds. The Morgan fingerprint density at radius 3 is 2.55 bits per heavy atom. The number of aromatic nitrogens is 2. The van der Waals surface area contributed by atoms with Crippen LogP contribution in [0.1, 0.15) is 11.1 Å². The molecule has 1 N–H and O–H groups in total. The van der Waals surface area contributed by atoms with E-state index in [1.165, 1.54) is 19.2 Å². The lowest BCUT2D eigenvalue weighted by Gasteiger charge is -2.13. The van der Waals surface area contributed by atoms with E-state index in [0.717, 1.165) is 28.9 Å². The number of methoxy groups -OCH3 is 1. The van der Waals surface area contributed by atoms with Crippen molar-refractivity contribution in [3.05, 3.63) is 63.1 Å². The molecule has 1 aromatic heterocycles. The van der Waals surface area contributed by atoms with Crippen LogP contribution in [0.3, 0.4) is 0 Å². The van der Waals surface area contributed by atoms with E-state index in [1.54, 1.807) is 0 Å². The van der Waals surface area contributed by atoms with Gasteiger partial charge in [-0.1, -0.05) is 27.5 Å². The number of halogens is 5. The zero-order chi connectivity index (χ0) is 22.8. The van der Waals surface area contributed by atoms with Crippen LogP contribution in [-0.4, -0.2) is 28.1 Å². The standard InChI is InChI=1S/C19H14BrClF3N3O4/c1-30-15-7-14(25-16(28)8-20)13(21)6-11(15)9-27-18(29)31-17(26-27)10-2-4-12(5-3-10)19(22,23)24/h2-7H,8-9H2,1H3,(H,25,28). The van der Waals surface area contributed by atoms with E-state index in [1.807, 2.05) is 0 Å². The van der Waals surface area contributed by atoms with Crippen molar-refractivity contribution in [3.63, 3.8) is 0 Å². The summed E-state index contributed by atoms with van der Waals surface area (Å²) < 4.78 is 49.5. The summed E-state index contributed by atoms with van der Waals surface area (Å²) in [4.78, 5) is 23.8. The van der Waals surface area contributed by atoms with Crippen LogP contribution in [0.4, 0.5) is 18.9 Å². The van der Waals surface area contributed by atoms with Crippen molar-refractivity contribution in [3.8, 4) is 17.2 Å². The predicted molar refractivity (Wildman–Crippen MR) is 111 cm³/mol. The summed E-state index contributed by atoms with van der Waals surface area (Å²) in [5, 5.41) is 6.93. The summed E-state index contributed by atoms with van der Waals surface area (Å²) in [6.07, 6.45) is -4.48. The van der Waals surface area contributed by atoms with Gasteiger partial charge in [-0.2, -0.15) is 17.9 Å². The third kappa shape index (κ3) is 5.28. The first-order valence-electron chi connectivity index (χ1n) is 8.60. The van der Waals surface area contributed by atoms with Crippen molar-refractivity contribution in [2.24, 2.45) is 0 Å². The first-order chi connectivity index (χ1) is 14.6. The van der Waals surface area contributed by atoms with Crippen LogP contribution in [-0.2, 0) is 17.5 Å². The van der Waals surface area contributed by atoms with E-state index in [2.05, 4.69) is 26.3 Å². The smallest absolute Gasteiger partial charge is 0.437 e. The first-order valence-corrected chi connectivity index (χ1v) is 10.1. The molecule has 31 heavy (non-hydrogen) atoms. The molecule has 0 spiro atoms. The summed E-state index contributed by atoms with van der Waals surface area (Å²) in [5.41, 5.74) is 0.176. The average Bonchev–Trinajstić information content (AvgIpc) is 3.09. The van der Waals surface area contributed by atoms with Crippen LogP contribution < -0.4 is 15.8 Å². The fraction of sp³-hybridized carbons (Fsp3) is 0.211. The van der Waals surface area contributed by atoms with Gasteiger partial charge in [-0.25, -0.2) is 4.79 Å². The topological polar surface area (TPSA) is 86.4 Å². The molecule has 0 bridgehead atoms. The molecule has 0 radical (unpaired) electrons. The van der Waals surface area contributed by atoms with Crippen LogP contribution >= 0.6 is 27.5 Å². The molecule has 7 nitrogen and oxygen atoms in total. The number of hydrogen-bond donors (Lipinski definition) is 1. The van der Waals surface area contributed by atoms with E-state index in [9.17, 15) is 22.8 Å². The lowest BCUT2D eigenvalue weighted by Crippen LogP contribution is -2.17. The zero-order valence-electron chi connectivity index (χ0n) is 15.8. The van der Waals surface area contributed by atoms with E-state index >= 15 is 0 Å². The highest BCUT2D eigenvalue weighted by molar-refractivity contribution is 9.09. The molecule has 0 saturated heterocycles. The summed E-state index contributed by atoms with van der Waals surface area (Å²) in [6.45, 7) is -0.0848. The number of hydrogen-bond acceptors (Lipinski definition) is 5. The molecule has 0 atom stereocenters. The average molecular weight is 521 g/mol. The van der Waals surface area contributed by atoms with Crippen molar-refractivity contribution in [1.29, 1.82) is 0 Å². The molecule has 1 heterocycles. The highest BCUT2D eigenvalue weighted by Crippen LogP contribution is 2.32. The molecule has 164 valence electrons. The number of carbonyl (C=O) groups is 1. The van der Waals surface area contributed by atoms with Crippen molar-refractivity contribution >= 4 is 39.1 Å². The number of nitrogens with zero attached hydrogens (tertiary/aromatic N) is 2. The SMILES string of the molecule is COc1cc(NC(=O)CBr)c(Cl)cc1Cn1nc(-c2ccc(C(F)(F)F)cc2)oc1=O. The summed E-state index contributed by atoms with van der Waals surface area (Å²) in [6, 6.07) is 7.08. The van der Waals surface area contributed by atoms with Crippen LogP contribution in [0.5, 0.6) is 5.75 Å². The van der Waals surface area contributed by atoms with Gasteiger partial charge in [0.25, 0.3) is 0 Å². The van der Waals surface area contributed by atoms with Gasteiger partial charge in [0.15, 0.2) is 0 Å². The number of rotatable bonds is 6. The third-order valence-electron chi connectivity index (χ3n) is 4.15. The molecule has 0 saturated carbocycles. The van der Waals surface area contributed by atoms with Crippen LogP contribution in [0.2, 0.25) is 5.02 Å². The van der Waals surface area contributed by atoms with Crippen molar-refractivity contribution in [2.75, 3.05) is 17.8 Å². The minimum Gasteiger partial charge on any atom is -0.496 e. The molecule has 0 unspecified atom stereocenters. The van der Waals surface area contributed by atoms with Gasteiger partial charge in [-0.3, -0.25) is 4.79 Å². The van der Waals surface area contributed by atoms with E-state index in [4.69, 9.17) is 20.8 Å². The van der Waals surface area contributed by atoms with Gasteiger partial charge in [0, 0.05) is 17.2 Å². The Morgan fingerprint density at radius 2 is 1.97 bits per heavy atom. The second kappa shape index (κ2) is 9.15. The molecule has 0 aliphatic rings. The van der Waals surface area contributed by atoms with Crippen molar-refractivity contribution < 1.29 is 27.1 Å². The van der Waals surface area contributed by atoms with Crippen LogP contribution in [0.15, 0.2) is 45.6 Å². The number of benzene rings is 2. The lowest BCUT2D eigenvalue weighted by molar-refractivity contribution is -0.137. The first kappa shape index (κ1) is 22.9. The molecule has 2 aromatic carbocycles. The predicted octanol–water partition coefficient (Wildman–Crippen LogP) is 4.57. The van der Waals surface area contributed by atoms with Gasteiger partial charge >= 0.3 is 11.9 Å². The monoisotopic (exact) mass is 519 g/mol. The quantitative estimate of drug-likeness (QED) is 0.482. The Balaban J connectivity index is 1.89. The highest BCUT2D eigenvalue weighted by atomic mass is 79.9. The largest absolute Gasteiger partial charge is 0.496 e. The van der Waals surface area contributed by atoms with Gasteiger partial charge in [0.2, 0.25) is 11.8 Å². The molecule has 0 fully saturated rings. The fourth-order valence-corrected chi connectivity index (χ4v) is 3.05. The van der Waals surface area contributed by atoms with Crippen LogP contribution in [0, 0.1) is 0 Å². The molecule has 3 rings (SSSR count). The molecular weight excluding hydrogens is 507 g/mol. The minimum absolute atomic E-state index is 0.0778. The van der Waals surface area contributed by atoms with Gasteiger partial charge in [-0.15, -0.1) is 5.10 Å². The Hall–Kier alpha value is -2.79. The van der Waals surface area contributed by atoms with E-state index in [-0.39, 0.29) is 34.3 Å². The molecule has 12 heteroatoms. The number of amides is 1. The minimum atomic E-state index is -4.48. The van der Waals surface area contributed by atoms with Gasteiger partial charge < -0.3 is 14.5 Å². The summed E-state index contributed by atoms with van der Waals surface area (Å²) >= 11 is 9.24. The highest BCUT2D eigenvalue weighted by Gasteiger charge is 2.30. The number of nitrogens with one attached hydrogen (secondary N) is 1. The maximum absolute atomic E-state index is 12.7. The molecule has 0 aliphatic carbocycles. The molecular formula is C19H14BrClF3N3O4. The number of alkyl halides is 4. The summed E-state index contributed by atoms with van der Waals surface area (Å²) in [5.74, 6) is -0.930. The number of ether oxygens (including phenoxy) is 1. The lowest BCUT2D eigenvalue weighted by atomic mass is 10.1. The second-order valence-corrected chi connectivity index (χ2v) is 7.20. The maximum atomic E-state index is 12.7. The van der Waals surface area contributed by atoms with E-state index < -0.39 is 17.5 Å². The Bertz CT molecular complexity index is 1160. The summed E-state index contributed by atoms with van der Waals surface area (Å²) in [7, 11) is 1.40. The molecule has 3 aromatic rings. The maximum Gasteiger partial charge on any atom is 0.437 e. The molecule has 0 aliphatic heterocycles. The fourth-order valence-electron chi connectivity index (χ4n) is 2.67. The zero-order valence-corrected chi connectivity index (χ0v) is 18.1. The van der Waals surface area contributed by atoms with Gasteiger partial charge in [-0.05, 0) is 30.3 Å². The van der Waals surface area contributed by atoms with Crippen molar-refractivity contribution in [2.45, 2.75) is 12.7 Å². The Kier molecular flexibility index (Phi) is 6.75. The normalized spacial score (nSPS) is 11.4. The third-order valence-corrected chi connectivity index (χ3v) is 4.97. The van der Waals surface area contributed by atoms with E-state index in [0.29, 0.717) is 17.0 Å². The Labute approximate surface area is 186 Å². The Morgan fingerprint density at radius 1 is 1.29 bits per heavy atom. The van der Waals surface area contributed by atoms with Gasteiger partial charge in [0.1, 0.15) is 5.75 Å². The number of anilines is 1. The van der Waals surface area contributed by atoms with Crippen molar-refractivity contribution in [1.82, 2.24) is 9.78 Å². The second-order valence-electron chi connectivity index (χ2n) is 6.23. The van der Waals surface area contributed by atoms with Gasteiger partial charge in [0.05, 0.1) is 35.3 Å².